The number of ether oxygens (including phenoxy) is 1. The van der Waals surface area contributed by atoms with Crippen LogP contribution < -0.4 is 5.32 Å². The molecule has 0 heterocycles. The molecular formula is C15H27NO3. The maximum absolute atomic E-state index is 11.7. The number of hydrogen-bond donors (Lipinski definition) is 2. The fourth-order valence-corrected chi connectivity index (χ4v) is 3.75. The van der Waals surface area contributed by atoms with E-state index in [1.165, 1.54) is 19.3 Å². The molecule has 110 valence electrons. The van der Waals surface area contributed by atoms with E-state index < -0.39 is 5.60 Å². The number of fused-ring (bicyclic) bond motifs is 1. The van der Waals surface area contributed by atoms with Crippen LogP contribution in [0.2, 0.25) is 0 Å². The van der Waals surface area contributed by atoms with Gasteiger partial charge in [-0.2, -0.15) is 0 Å². The number of nitrogens with one attached hydrogen (secondary N) is 1. The van der Waals surface area contributed by atoms with Crippen molar-refractivity contribution in [2.45, 2.75) is 58.5 Å². The second kappa shape index (κ2) is 5.31. The maximum atomic E-state index is 11.7. The molecule has 4 nitrogen and oxygen atoms in total. The van der Waals surface area contributed by atoms with E-state index in [1.807, 2.05) is 20.8 Å². The summed E-state index contributed by atoms with van der Waals surface area (Å²) in [6.45, 7) is 6.26. The average molecular weight is 269 g/mol. The molecule has 2 rings (SSSR count). The minimum Gasteiger partial charge on any atom is -0.444 e. The standard InChI is InChI=1S/C15H27NO3/c1-14(2,3)19-13(18)16-9-15(10-17)7-11-5-4-6-12(11)8-15/h11-12,17H,4-10H2,1-3H3,(H,16,18). The molecule has 0 aromatic carbocycles. The highest BCUT2D eigenvalue weighted by molar-refractivity contribution is 5.67. The summed E-state index contributed by atoms with van der Waals surface area (Å²) in [4.78, 5) is 11.7. The van der Waals surface area contributed by atoms with Gasteiger partial charge in [0.05, 0.1) is 6.61 Å². The number of alkyl carbamates (subject to hydrolysis) is 1. The van der Waals surface area contributed by atoms with E-state index in [4.69, 9.17) is 4.74 Å². The van der Waals surface area contributed by atoms with Crippen molar-refractivity contribution in [2.75, 3.05) is 13.2 Å². The van der Waals surface area contributed by atoms with Gasteiger partial charge in [-0.05, 0) is 45.4 Å². The van der Waals surface area contributed by atoms with Crippen molar-refractivity contribution in [2.24, 2.45) is 17.3 Å². The molecule has 2 unspecified atom stereocenters. The van der Waals surface area contributed by atoms with Crippen molar-refractivity contribution in [1.82, 2.24) is 5.32 Å². The van der Waals surface area contributed by atoms with Crippen LogP contribution in [0.25, 0.3) is 0 Å². The predicted octanol–water partition coefficient (Wildman–Crippen LogP) is 2.70. The molecule has 0 aromatic heterocycles. The Balaban J connectivity index is 1.85. The Kier molecular flexibility index (Phi) is 4.09. The van der Waals surface area contributed by atoms with Crippen molar-refractivity contribution in [1.29, 1.82) is 0 Å². The summed E-state index contributed by atoms with van der Waals surface area (Å²) in [5, 5.41) is 12.6. The Labute approximate surface area is 115 Å². The zero-order valence-electron chi connectivity index (χ0n) is 12.4. The highest BCUT2D eigenvalue weighted by atomic mass is 16.6. The van der Waals surface area contributed by atoms with Crippen LogP contribution in [0.4, 0.5) is 4.79 Å². The predicted molar refractivity (Wildman–Crippen MR) is 73.8 cm³/mol. The molecule has 4 heteroatoms. The monoisotopic (exact) mass is 269 g/mol. The third kappa shape index (κ3) is 3.62. The van der Waals surface area contributed by atoms with Gasteiger partial charge in [0.1, 0.15) is 5.60 Å². The summed E-state index contributed by atoms with van der Waals surface area (Å²) < 4.78 is 5.25. The van der Waals surface area contributed by atoms with E-state index in [0.29, 0.717) is 6.54 Å². The highest BCUT2D eigenvalue weighted by Crippen LogP contribution is 2.52. The first-order valence-corrected chi connectivity index (χ1v) is 7.41. The summed E-state index contributed by atoms with van der Waals surface area (Å²) in [6, 6.07) is 0. The third-order valence-corrected chi connectivity index (χ3v) is 4.55. The number of aliphatic hydroxyl groups excluding tert-OH is 1. The summed E-state index contributed by atoms with van der Waals surface area (Å²) in [6.07, 6.45) is 5.62. The molecule has 2 atom stereocenters. The van der Waals surface area contributed by atoms with Crippen molar-refractivity contribution in [3.05, 3.63) is 0 Å². The lowest BCUT2D eigenvalue weighted by atomic mass is 9.84. The van der Waals surface area contributed by atoms with E-state index in [0.717, 1.165) is 24.7 Å². The smallest absolute Gasteiger partial charge is 0.407 e. The molecule has 0 aliphatic heterocycles. The number of carbonyl (C=O) groups is 1. The number of rotatable bonds is 3. The van der Waals surface area contributed by atoms with Crippen molar-refractivity contribution in [3.63, 3.8) is 0 Å². The van der Waals surface area contributed by atoms with E-state index >= 15 is 0 Å². The minimum atomic E-state index is -0.470. The molecule has 1 amide bonds. The molecule has 0 radical (unpaired) electrons. The molecule has 0 aromatic rings. The van der Waals surface area contributed by atoms with Crippen LogP contribution >= 0.6 is 0 Å². The fourth-order valence-electron chi connectivity index (χ4n) is 3.75. The summed E-state index contributed by atoms with van der Waals surface area (Å²) in [7, 11) is 0. The Bertz CT molecular complexity index is 323. The van der Waals surface area contributed by atoms with Crippen LogP contribution in [0, 0.1) is 17.3 Å². The number of aliphatic hydroxyl groups is 1. The zero-order chi connectivity index (χ0) is 14.1. The summed E-state index contributed by atoms with van der Waals surface area (Å²) in [5.74, 6) is 1.51. The second-order valence-corrected chi connectivity index (χ2v) is 7.37. The Morgan fingerprint density at radius 2 is 1.89 bits per heavy atom. The van der Waals surface area contributed by atoms with Gasteiger partial charge in [-0.3, -0.25) is 0 Å². The Morgan fingerprint density at radius 3 is 2.37 bits per heavy atom. The van der Waals surface area contributed by atoms with Gasteiger partial charge in [0, 0.05) is 12.0 Å². The summed E-state index contributed by atoms with van der Waals surface area (Å²) in [5.41, 5.74) is -0.588. The molecule has 2 fully saturated rings. The first-order valence-electron chi connectivity index (χ1n) is 7.41. The normalized spacial score (nSPS) is 34.1. The van der Waals surface area contributed by atoms with Crippen LogP contribution in [0.3, 0.4) is 0 Å². The van der Waals surface area contributed by atoms with E-state index in [-0.39, 0.29) is 18.1 Å². The molecule has 19 heavy (non-hydrogen) atoms. The van der Waals surface area contributed by atoms with Crippen LogP contribution in [0.5, 0.6) is 0 Å². The first-order chi connectivity index (χ1) is 8.84. The molecule has 0 bridgehead atoms. The Hall–Kier alpha value is -0.770. The van der Waals surface area contributed by atoms with Crippen LogP contribution in [-0.4, -0.2) is 30.0 Å². The largest absolute Gasteiger partial charge is 0.444 e. The number of carbonyl (C=O) groups excluding carboxylic acids is 1. The first kappa shape index (κ1) is 14.6. The molecule has 2 saturated carbocycles. The van der Waals surface area contributed by atoms with Crippen LogP contribution in [-0.2, 0) is 4.74 Å². The minimum absolute atomic E-state index is 0.118. The summed E-state index contributed by atoms with van der Waals surface area (Å²) >= 11 is 0. The highest BCUT2D eigenvalue weighted by Gasteiger charge is 2.46. The molecule has 2 aliphatic rings. The Morgan fingerprint density at radius 1 is 1.32 bits per heavy atom. The van der Waals surface area contributed by atoms with Gasteiger partial charge in [0.25, 0.3) is 0 Å². The topological polar surface area (TPSA) is 58.6 Å². The van der Waals surface area contributed by atoms with Gasteiger partial charge in [-0.1, -0.05) is 19.3 Å². The van der Waals surface area contributed by atoms with Crippen LogP contribution in [0.15, 0.2) is 0 Å². The van der Waals surface area contributed by atoms with Gasteiger partial charge in [-0.15, -0.1) is 0 Å². The van der Waals surface area contributed by atoms with E-state index in [1.54, 1.807) is 0 Å². The van der Waals surface area contributed by atoms with Crippen LogP contribution in [0.1, 0.15) is 52.9 Å². The third-order valence-electron chi connectivity index (χ3n) is 4.55. The maximum Gasteiger partial charge on any atom is 0.407 e. The number of hydrogen-bond acceptors (Lipinski definition) is 3. The van der Waals surface area contributed by atoms with Gasteiger partial charge < -0.3 is 15.2 Å². The lowest BCUT2D eigenvalue weighted by Crippen LogP contribution is -2.41. The molecule has 0 saturated heterocycles. The molecular weight excluding hydrogens is 242 g/mol. The van der Waals surface area contributed by atoms with Gasteiger partial charge in [0.15, 0.2) is 0 Å². The molecule has 2 N–H and O–H groups in total. The van der Waals surface area contributed by atoms with Gasteiger partial charge >= 0.3 is 6.09 Å². The van der Waals surface area contributed by atoms with Crippen molar-refractivity contribution >= 4 is 6.09 Å². The molecule has 2 aliphatic carbocycles. The molecule has 0 spiro atoms. The fraction of sp³-hybridized carbons (Fsp3) is 0.933. The zero-order valence-corrected chi connectivity index (χ0v) is 12.4. The lowest BCUT2D eigenvalue weighted by Gasteiger charge is -2.29. The quantitative estimate of drug-likeness (QED) is 0.828. The number of amides is 1. The van der Waals surface area contributed by atoms with E-state index in [2.05, 4.69) is 5.32 Å². The van der Waals surface area contributed by atoms with Gasteiger partial charge in [-0.25, -0.2) is 4.79 Å². The van der Waals surface area contributed by atoms with Gasteiger partial charge in [0.2, 0.25) is 0 Å². The van der Waals surface area contributed by atoms with Crippen molar-refractivity contribution in [3.8, 4) is 0 Å². The van der Waals surface area contributed by atoms with E-state index in [9.17, 15) is 9.90 Å². The average Bonchev–Trinajstić information content (AvgIpc) is 2.82. The second-order valence-electron chi connectivity index (χ2n) is 7.37. The lowest BCUT2D eigenvalue weighted by molar-refractivity contribution is 0.0463. The van der Waals surface area contributed by atoms with Crippen molar-refractivity contribution < 1.29 is 14.6 Å². The SMILES string of the molecule is CC(C)(C)OC(=O)NCC1(CO)CC2CCCC2C1.